The summed E-state index contributed by atoms with van der Waals surface area (Å²) < 4.78 is 11.3. The molecule has 0 amide bonds. The van der Waals surface area contributed by atoms with Crippen molar-refractivity contribution in [2.75, 3.05) is 19.8 Å². The Bertz CT molecular complexity index is 457. The van der Waals surface area contributed by atoms with E-state index in [0.29, 0.717) is 25.6 Å². The van der Waals surface area contributed by atoms with Crippen molar-refractivity contribution in [2.45, 2.75) is 19.8 Å². The molecule has 1 aromatic carbocycles. The smallest absolute Gasteiger partial charge is 0.162 e. The number of hydrogen-bond donors (Lipinski definition) is 1. The number of ether oxygens (including phenoxy) is 2. The highest BCUT2D eigenvalue weighted by Gasteiger charge is 2.14. The van der Waals surface area contributed by atoms with E-state index in [1.54, 1.807) is 0 Å². The second-order valence-electron chi connectivity index (χ2n) is 4.52. The minimum Gasteiger partial charge on any atom is -0.489 e. The fourth-order valence-electron chi connectivity index (χ4n) is 1.66. The minimum absolute atomic E-state index is 0.188. The van der Waals surface area contributed by atoms with E-state index in [2.05, 4.69) is 18.8 Å². The summed E-state index contributed by atoms with van der Waals surface area (Å²) >= 11 is 0. The largest absolute Gasteiger partial charge is 0.489 e. The first-order valence-electron chi connectivity index (χ1n) is 6.29. The van der Waals surface area contributed by atoms with E-state index in [4.69, 9.17) is 14.6 Å². The lowest BCUT2D eigenvalue weighted by Crippen LogP contribution is -2.12. The van der Waals surface area contributed by atoms with Crippen molar-refractivity contribution in [3.8, 4) is 23.3 Å². The molecule has 18 heavy (non-hydrogen) atoms. The molecule has 1 unspecified atom stereocenters. The van der Waals surface area contributed by atoms with E-state index in [9.17, 15) is 0 Å². The van der Waals surface area contributed by atoms with Crippen LogP contribution in [0.1, 0.15) is 25.3 Å². The van der Waals surface area contributed by atoms with Crippen molar-refractivity contribution in [1.29, 1.82) is 0 Å². The highest BCUT2D eigenvalue weighted by Crippen LogP contribution is 2.31. The zero-order valence-corrected chi connectivity index (χ0v) is 10.6. The molecule has 0 aromatic heterocycles. The summed E-state index contributed by atoms with van der Waals surface area (Å²) in [7, 11) is 0. The topological polar surface area (TPSA) is 38.7 Å². The zero-order chi connectivity index (χ0) is 12.8. The molecule has 0 fully saturated rings. The lowest BCUT2D eigenvalue weighted by molar-refractivity contribution is 0.228. The first-order valence-corrected chi connectivity index (χ1v) is 6.29. The Balaban J connectivity index is 2.09. The first kappa shape index (κ1) is 12.8. The Morgan fingerprint density at radius 1 is 1.28 bits per heavy atom. The molecule has 1 aliphatic heterocycles. The van der Waals surface area contributed by atoms with Gasteiger partial charge < -0.3 is 14.6 Å². The lowest BCUT2D eigenvalue weighted by atomic mass is 10.2. The molecule has 3 nitrogen and oxygen atoms in total. The molecule has 1 aliphatic rings. The van der Waals surface area contributed by atoms with Crippen LogP contribution < -0.4 is 9.47 Å². The Morgan fingerprint density at radius 2 is 2.06 bits per heavy atom. The number of aliphatic hydroxyl groups is 1. The number of hydrogen-bond acceptors (Lipinski definition) is 3. The van der Waals surface area contributed by atoms with Crippen LogP contribution in [0, 0.1) is 17.8 Å². The lowest BCUT2D eigenvalue weighted by Gasteiger charge is -2.06. The standard InChI is InChI=1S/C15H18O3/c1-12-10-17-14-7-6-13(5-3-2-4-8-16)9-15(14)18-11-12/h6-7,9,12,16H,2,4,8,10-11H2,1H3. The van der Waals surface area contributed by atoms with Crippen LogP contribution in [0.2, 0.25) is 0 Å². The molecular formula is C15H18O3. The summed E-state index contributed by atoms with van der Waals surface area (Å²) in [6.07, 6.45) is 1.43. The third-order valence-electron chi connectivity index (χ3n) is 2.68. The summed E-state index contributed by atoms with van der Waals surface area (Å²) in [5.41, 5.74) is 0.921. The van der Waals surface area contributed by atoms with Gasteiger partial charge in [0, 0.05) is 24.5 Å². The van der Waals surface area contributed by atoms with Crippen LogP contribution in [0.15, 0.2) is 18.2 Å². The van der Waals surface area contributed by atoms with Crippen molar-refractivity contribution < 1.29 is 14.6 Å². The Labute approximate surface area is 108 Å². The summed E-state index contributed by atoms with van der Waals surface area (Å²) in [5, 5.41) is 8.67. The molecule has 0 aliphatic carbocycles. The Morgan fingerprint density at radius 3 is 2.83 bits per heavy atom. The molecule has 0 radical (unpaired) electrons. The molecular weight excluding hydrogens is 228 g/mol. The minimum atomic E-state index is 0.188. The van der Waals surface area contributed by atoms with Crippen molar-refractivity contribution in [3.05, 3.63) is 23.8 Å². The van der Waals surface area contributed by atoms with Crippen LogP contribution in [-0.2, 0) is 0 Å². The molecule has 0 bridgehead atoms. The Hall–Kier alpha value is -1.66. The van der Waals surface area contributed by atoms with Crippen LogP contribution in [0.5, 0.6) is 11.5 Å². The van der Waals surface area contributed by atoms with Gasteiger partial charge in [0.1, 0.15) is 0 Å². The molecule has 1 heterocycles. The molecule has 1 atom stereocenters. The fraction of sp³-hybridized carbons (Fsp3) is 0.467. The molecule has 0 saturated heterocycles. The van der Waals surface area contributed by atoms with E-state index in [1.165, 1.54) is 0 Å². The first-order chi connectivity index (χ1) is 8.79. The monoisotopic (exact) mass is 246 g/mol. The average Bonchev–Trinajstić information content (AvgIpc) is 2.57. The van der Waals surface area contributed by atoms with Gasteiger partial charge in [0.2, 0.25) is 0 Å². The summed E-state index contributed by atoms with van der Waals surface area (Å²) in [6, 6.07) is 5.76. The number of aliphatic hydroxyl groups excluding tert-OH is 1. The highest BCUT2D eigenvalue weighted by molar-refractivity contribution is 5.48. The third kappa shape index (κ3) is 3.41. The molecule has 1 N–H and O–H groups in total. The summed E-state index contributed by atoms with van der Waals surface area (Å²) in [5.74, 6) is 8.05. The highest BCUT2D eigenvalue weighted by atomic mass is 16.5. The van der Waals surface area contributed by atoms with Gasteiger partial charge in [0.15, 0.2) is 11.5 Å². The second kappa shape index (κ2) is 6.32. The molecule has 0 spiro atoms. The maximum Gasteiger partial charge on any atom is 0.162 e. The van der Waals surface area contributed by atoms with Gasteiger partial charge in [-0.15, -0.1) is 0 Å². The molecule has 3 heteroatoms. The maximum atomic E-state index is 8.67. The van der Waals surface area contributed by atoms with Gasteiger partial charge in [-0.3, -0.25) is 0 Å². The predicted octanol–water partition coefficient (Wildman–Crippen LogP) is 2.22. The van der Waals surface area contributed by atoms with Crippen LogP contribution in [-0.4, -0.2) is 24.9 Å². The second-order valence-corrected chi connectivity index (χ2v) is 4.52. The molecule has 2 rings (SSSR count). The fourth-order valence-corrected chi connectivity index (χ4v) is 1.66. The summed E-state index contributed by atoms with van der Waals surface area (Å²) in [4.78, 5) is 0. The summed E-state index contributed by atoms with van der Waals surface area (Å²) in [6.45, 7) is 3.65. The zero-order valence-electron chi connectivity index (χ0n) is 10.6. The van der Waals surface area contributed by atoms with E-state index >= 15 is 0 Å². The molecule has 1 aromatic rings. The third-order valence-corrected chi connectivity index (χ3v) is 2.68. The van der Waals surface area contributed by atoms with Gasteiger partial charge >= 0.3 is 0 Å². The van der Waals surface area contributed by atoms with Crippen LogP contribution >= 0.6 is 0 Å². The van der Waals surface area contributed by atoms with Crippen LogP contribution in [0.3, 0.4) is 0 Å². The number of fused-ring (bicyclic) bond motifs is 1. The van der Waals surface area contributed by atoms with E-state index in [0.717, 1.165) is 23.5 Å². The average molecular weight is 246 g/mol. The van der Waals surface area contributed by atoms with Crippen molar-refractivity contribution >= 4 is 0 Å². The number of unbranched alkanes of at least 4 members (excludes halogenated alkanes) is 1. The predicted molar refractivity (Wildman–Crippen MR) is 69.8 cm³/mol. The SMILES string of the molecule is CC1COc2ccc(C#CCCCO)cc2OC1. The van der Waals surface area contributed by atoms with E-state index in [1.807, 2.05) is 18.2 Å². The van der Waals surface area contributed by atoms with Gasteiger partial charge in [0.25, 0.3) is 0 Å². The Kier molecular flexibility index (Phi) is 4.49. The normalized spacial score (nSPS) is 17.6. The van der Waals surface area contributed by atoms with Crippen molar-refractivity contribution in [1.82, 2.24) is 0 Å². The van der Waals surface area contributed by atoms with Crippen molar-refractivity contribution in [3.63, 3.8) is 0 Å². The van der Waals surface area contributed by atoms with Gasteiger partial charge in [0.05, 0.1) is 13.2 Å². The number of benzene rings is 1. The molecule has 0 saturated carbocycles. The van der Waals surface area contributed by atoms with E-state index < -0.39 is 0 Å². The van der Waals surface area contributed by atoms with Gasteiger partial charge in [-0.1, -0.05) is 18.8 Å². The van der Waals surface area contributed by atoms with Crippen molar-refractivity contribution in [2.24, 2.45) is 5.92 Å². The maximum absolute atomic E-state index is 8.67. The van der Waals surface area contributed by atoms with Gasteiger partial charge in [-0.25, -0.2) is 0 Å². The van der Waals surface area contributed by atoms with E-state index in [-0.39, 0.29) is 6.61 Å². The van der Waals surface area contributed by atoms with Gasteiger partial charge in [-0.2, -0.15) is 0 Å². The van der Waals surface area contributed by atoms with Gasteiger partial charge in [-0.05, 0) is 24.6 Å². The van der Waals surface area contributed by atoms with Crippen LogP contribution in [0.25, 0.3) is 0 Å². The number of rotatable bonds is 2. The molecule has 96 valence electrons. The quantitative estimate of drug-likeness (QED) is 0.642. The van der Waals surface area contributed by atoms with Crippen LogP contribution in [0.4, 0.5) is 0 Å².